The van der Waals surface area contributed by atoms with Crippen LogP contribution < -0.4 is 5.73 Å². The lowest BCUT2D eigenvalue weighted by atomic mass is 9.76. The summed E-state index contributed by atoms with van der Waals surface area (Å²) < 4.78 is 5.30. The first-order valence-corrected chi connectivity index (χ1v) is 5.03. The lowest BCUT2D eigenvalue weighted by molar-refractivity contribution is -0.0553. The van der Waals surface area contributed by atoms with Crippen molar-refractivity contribution in [2.24, 2.45) is 5.73 Å². The zero-order valence-electron chi connectivity index (χ0n) is 8.84. The number of hydrogen-bond acceptors (Lipinski definition) is 2. The molecule has 0 bridgehead atoms. The van der Waals surface area contributed by atoms with Gasteiger partial charge in [0, 0.05) is 6.54 Å². The minimum absolute atomic E-state index is 0.0934. The summed E-state index contributed by atoms with van der Waals surface area (Å²) >= 11 is 0. The second-order valence-electron chi connectivity index (χ2n) is 4.30. The Morgan fingerprint density at radius 3 is 2.57 bits per heavy atom. The summed E-state index contributed by atoms with van der Waals surface area (Å²) in [6.07, 6.45) is 0. The van der Waals surface area contributed by atoms with Gasteiger partial charge in [-0.3, -0.25) is 0 Å². The molecule has 1 fully saturated rings. The van der Waals surface area contributed by atoms with Crippen molar-refractivity contribution in [3.05, 3.63) is 34.9 Å². The molecule has 1 aromatic rings. The van der Waals surface area contributed by atoms with Crippen LogP contribution in [-0.4, -0.2) is 19.8 Å². The fraction of sp³-hybridized carbons (Fsp3) is 0.500. The van der Waals surface area contributed by atoms with Crippen LogP contribution in [0.1, 0.15) is 16.7 Å². The average Bonchev–Trinajstić information content (AvgIpc) is 2.10. The van der Waals surface area contributed by atoms with E-state index in [4.69, 9.17) is 10.5 Å². The summed E-state index contributed by atoms with van der Waals surface area (Å²) in [6, 6.07) is 6.55. The Balaban J connectivity index is 2.43. The minimum Gasteiger partial charge on any atom is -0.379 e. The van der Waals surface area contributed by atoms with Gasteiger partial charge in [0.2, 0.25) is 0 Å². The summed E-state index contributed by atoms with van der Waals surface area (Å²) in [5.74, 6) is 0. The Labute approximate surface area is 85.1 Å². The highest BCUT2D eigenvalue weighted by Gasteiger charge is 2.39. The van der Waals surface area contributed by atoms with E-state index in [-0.39, 0.29) is 5.41 Å². The van der Waals surface area contributed by atoms with Gasteiger partial charge in [-0.2, -0.15) is 0 Å². The van der Waals surface area contributed by atoms with E-state index in [1.54, 1.807) is 0 Å². The zero-order chi connectivity index (χ0) is 10.2. The van der Waals surface area contributed by atoms with Crippen LogP contribution in [0.15, 0.2) is 18.2 Å². The van der Waals surface area contributed by atoms with Gasteiger partial charge in [0.25, 0.3) is 0 Å². The van der Waals surface area contributed by atoms with Crippen LogP contribution in [-0.2, 0) is 10.2 Å². The lowest BCUT2D eigenvalue weighted by Crippen LogP contribution is -2.52. The molecule has 14 heavy (non-hydrogen) atoms. The summed E-state index contributed by atoms with van der Waals surface area (Å²) in [4.78, 5) is 0. The van der Waals surface area contributed by atoms with Crippen molar-refractivity contribution in [3.8, 4) is 0 Å². The van der Waals surface area contributed by atoms with Crippen molar-refractivity contribution in [3.63, 3.8) is 0 Å². The molecular formula is C12H17NO. The number of aryl methyl sites for hydroxylation is 2. The van der Waals surface area contributed by atoms with Crippen molar-refractivity contribution < 1.29 is 4.74 Å². The lowest BCUT2D eigenvalue weighted by Gasteiger charge is -2.42. The topological polar surface area (TPSA) is 35.2 Å². The molecule has 1 aromatic carbocycles. The molecule has 0 radical (unpaired) electrons. The number of nitrogens with two attached hydrogens (primary N) is 1. The van der Waals surface area contributed by atoms with Crippen LogP contribution >= 0.6 is 0 Å². The van der Waals surface area contributed by atoms with Crippen molar-refractivity contribution in [2.75, 3.05) is 19.8 Å². The summed E-state index contributed by atoms with van der Waals surface area (Å²) in [5.41, 5.74) is 9.92. The van der Waals surface area contributed by atoms with E-state index in [0.29, 0.717) is 6.54 Å². The molecular weight excluding hydrogens is 174 g/mol. The molecule has 1 heterocycles. The molecule has 0 saturated carbocycles. The SMILES string of the molecule is Cc1ccc(C)c(C2(CN)COC2)c1. The van der Waals surface area contributed by atoms with Crippen molar-refractivity contribution in [1.82, 2.24) is 0 Å². The third-order valence-corrected chi connectivity index (χ3v) is 3.11. The molecule has 0 aromatic heterocycles. The molecule has 0 atom stereocenters. The van der Waals surface area contributed by atoms with Gasteiger partial charge in [-0.25, -0.2) is 0 Å². The zero-order valence-corrected chi connectivity index (χ0v) is 8.84. The van der Waals surface area contributed by atoms with Gasteiger partial charge in [-0.05, 0) is 25.0 Å². The molecule has 1 aliphatic heterocycles. The highest BCUT2D eigenvalue weighted by Crippen LogP contribution is 2.33. The Bertz CT molecular complexity index is 337. The van der Waals surface area contributed by atoms with Gasteiger partial charge in [0.1, 0.15) is 0 Å². The molecule has 0 spiro atoms. The quantitative estimate of drug-likeness (QED) is 0.769. The summed E-state index contributed by atoms with van der Waals surface area (Å²) in [7, 11) is 0. The number of benzene rings is 1. The fourth-order valence-electron chi connectivity index (χ4n) is 2.04. The molecule has 2 heteroatoms. The van der Waals surface area contributed by atoms with E-state index >= 15 is 0 Å². The van der Waals surface area contributed by atoms with Crippen LogP contribution in [0.2, 0.25) is 0 Å². The van der Waals surface area contributed by atoms with Gasteiger partial charge in [0.15, 0.2) is 0 Å². The number of rotatable bonds is 2. The smallest absolute Gasteiger partial charge is 0.0598 e. The Morgan fingerprint density at radius 1 is 1.36 bits per heavy atom. The van der Waals surface area contributed by atoms with Gasteiger partial charge in [-0.15, -0.1) is 0 Å². The van der Waals surface area contributed by atoms with E-state index in [1.807, 2.05) is 0 Å². The van der Waals surface area contributed by atoms with E-state index in [0.717, 1.165) is 13.2 Å². The molecule has 1 saturated heterocycles. The third kappa shape index (κ3) is 1.35. The first-order valence-electron chi connectivity index (χ1n) is 5.03. The monoisotopic (exact) mass is 191 g/mol. The highest BCUT2D eigenvalue weighted by atomic mass is 16.5. The molecule has 2 rings (SSSR count). The fourth-order valence-corrected chi connectivity index (χ4v) is 2.04. The molecule has 2 N–H and O–H groups in total. The third-order valence-electron chi connectivity index (χ3n) is 3.11. The number of ether oxygens (including phenoxy) is 1. The minimum atomic E-state index is 0.0934. The maximum absolute atomic E-state index is 5.84. The van der Waals surface area contributed by atoms with Crippen LogP contribution in [0.25, 0.3) is 0 Å². The average molecular weight is 191 g/mol. The summed E-state index contributed by atoms with van der Waals surface area (Å²) in [5, 5.41) is 0. The van der Waals surface area contributed by atoms with Gasteiger partial charge in [-0.1, -0.05) is 23.8 Å². The molecule has 1 aliphatic rings. The van der Waals surface area contributed by atoms with Gasteiger partial charge >= 0.3 is 0 Å². The first-order chi connectivity index (χ1) is 6.68. The van der Waals surface area contributed by atoms with E-state index in [1.165, 1.54) is 16.7 Å². The Kier molecular flexibility index (Phi) is 2.33. The second-order valence-corrected chi connectivity index (χ2v) is 4.30. The normalized spacial score (nSPS) is 19.1. The van der Waals surface area contributed by atoms with Crippen molar-refractivity contribution in [2.45, 2.75) is 19.3 Å². The van der Waals surface area contributed by atoms with Crippen LogP contribution in [0.3, 0.4) is 0 Å². The maximum atomic E-state index is 5.84. The van der Waals surface area contributed by atoms with E-state index in [9.17, 15) is 0 Å². The van der Waals surface area contributed by atoms with Crippen molar-refractivity contribution >= 4 is 0 Å². The van der Waals surface area contributed by atoms with Gasteiger partial charge < -0.3 is 10.5 Å². The van der Waals surface area contributed by atoms with Crippen LogP contribution in [0.5, 0.6) is 0 Å². The maximum Gasteiger partial charge on any atom is 0.0598 e. The van der Waals surface area contributed by atoms with E-state index in [2.05, 4.69) is 32.0 Å². The molecule has 0 unspecified atom stereocenters. The molecule has 0 amide bonds. The molecule has 76 valence electrons. The van der Waals surface area contributed by atoms with Crippen molar-refractivity contribution in [1.29, 1.82) is 0 Å². The standard InChI is InChI=1S/C12H17NO/c1-9-3-4-10(2)11(5-9)12(6-13)7-14-8-12/h3-5H,6-8,13H2,1-2H3. The Hall–Kier alpha value is -0.860. The van der Waals surface area contributed by atoms with E-state index < -0.39 is 0 Å². The number of hydrogen-bond donors (Lipinski definition) is 1. The predicted molar refractivity (Wildman–Crippen MR) is 57.5 cm³/mol. The molecule has 0 aliphatic carbocycles. The summed E-state index contributed by atoms with van der Waals surface area (Å²) in [6.45, 7) is 6.48. The second kappa shape index (κ2) is 3.37. The highest BCUT2D eigenvalue weighted by molar-refractivity contribution is 5.38. The Morgan fingerprint density at radius 2 is 2.07 bits per heavy atom. The van der Waals surface area contributed by atoms with Crippen LogP contribution in [0, 0.1) is 13.8 Å². The largest absolute Gasteiger partial charge is 0.379 e. The predicted octanol–water partition coefficient (Wildman–Crippen LogP) is 1.53. The van der Waals surface area contributed by atoms with Crippen LogP contribution in [0.4, 0.5) is 0 Å². The van der Waals surface area contributed by atoms with Gasteiger partial charge in [0.05, 0.1) is 18.6 Å². The first kappa shape index (κ1) is 9.69. The molecule has 2 nitrogen and oxygen atoms in total.